The molecule has 0 unspecified atom stereocenters. The Bertz CT molecular complexity index is 760. The van der Waals surface area contributed by atoms with E-state index in [1.165, 1.54) is 6.08 Å². The molecule has 0 fully saturated rings. The highest BCUT2D eigenvalue weighted by Crippen LogP contribution is 2.12. The van der Waals surface area contributed by atoms with E-state index in [9.17, 15) is 9.59 Å². The summed E-state index contributed by atoms with van der Waals surface area (Å²) in [6.07, 6.45) is 3.47. The summed E-state index contributed by atoms with van der Waals surface area (Å²) in [6, 6.07) is 10.8. The van der Waals surface area contributed by atoms with Gasteiger partial charge in [-0.05, 0) is 50.6 Å². The first-order valence-electron chi connectivity index (χ1n) is 7.70. The van der Waals surface area contributed by atoms with E-state index in [1.807, 2.05) is 39.0 Å². The molecule has 0 spiro atoms. The minimum absolute atomic E-state index is 0.0954. The maximum Gasteiger partial charge on any atom is 0.248 e. The molecule has 5 heteroatoms. The van der Waals surface area contributed by atoms with Gasteiger partial charge >= 0.3 is 0 Å². The van der Waals surface area contributed by atoms with Gasteiger partial charge in [-0.25, -0.2) is 0 Å². The van der Waals surface area contributed by atoms with Gasteiger partial charge in [0.15, 0.2) is 0 Å². The van der Waals surface area contributed by atoms with Gasteiger partial charge in [-0.1, -0.05) is 17.7 Å². The van der Waals surface area contributed by atoms with Gasteiger partial charge in [-0.3, -0.25) is 14.6 Å². The van der Waals surface area contributed by atoms with E-state index in [4.69, 9.17) is 0 Å². The molecule has 0 atom stereocenters. The van der Waals surface area contributed by atoms with Gasteiger partial charge in [-0.15, -0.1) is 0 Å². The molecule has 124 valence electrons. The lowest BCUT2D eigenvalue weighted by Crippen LogP contribution is -2.14. The summed E-state index contributed by atoms with van der Waals surface area (Å²) in [6.45, 7) is 5.61. The highest BCUT2D eigenvalue weighted by atomic mass is 16.2. The van der Waals surface area contributed by atoms with Crippen molar-refractivity contribution < 1.29 is 9.59 Å². The molecule has 1 aromatic heterocycles. The van der Waals surface area contributed by atoms with Crippen LogP contribution in [0, 0.1) is 6.92 Å². The summed E-state index contributed by atoms with van der Waals surface area (Å²) >= 11 is 0. The predicted octanol–water partition coefficient (Wildman–Crippen LogP) is 3.48. The zero-order valence-electron chi connectivity index (χ0n) is 14.1. The van der Waals surface area contributed by atoms with Crippen LogP contribution in [0.3, 0.4) is 0 Å². The van der Waals surface area contributed by atoms with Crippen LogP contribution in [0.5, 0.6) is 0 Å². The number of aryl methyl sites for hydroxylation is 1. The Morgan fingerprint density at radius 3 is 2.38 bits per heavy atom. The predicted molar refractivity (Wildman–Crippen MR) is 95.8 cm³/mol. The number of rotatable bonds is 5. The van der Waals surface area contributed by atoms with Gasteiger partial charge in [-0.2, -0.15) is 0 Å². The quantitative estimate of drug-likeness (QED) is 0.828. The molecule has 1 aromatic carbocycles. The Morgan fingerprint density at radius 1 is 1.04 bits per heavy atom. The molecule has 0 aliphatic carbocycles. The van der Waals surface area contributed by atoms with Crippen molar-refractivity contribution in [3.63, 3.8) is 0 Å². The zero-order chi connectivity index (χ0) is 17.5. The number of hydrogen-bond acceptors (Lipinski definition) is 3. The highest BCUT2D eigenvalue weighted by Gasteiger charge is 2.05. The van der Waals surface area contributed by atoms with Crippen molar-refractivity contribution in [2.45, 2.75) is 27.2 Å². The molecule has 2 N–H and O–H groups in total. The van der Waals surface area contributed by atoms with E-state index in [2.05, 4.69) is 15.6 Å². The molecule has 24 heavy (non-hydrogen) atoms. The Morgan fingerprint density at radius 2 is 1.75 bits per heavy atom. The fourth-order valence-corrected chi connectivity index (χ4v) is 2.16. The molecule has 2 aromatic rings. The Hall–Kier alpha value is -2.95. The monoisotopic (exact) mass is 323 g/mol. The van der Waals surface area contributed by atoms with Gasteiger partial charge in [0.2, 0.25) is 11.8 Å². The first-order valence-corrected chi connectivity index (χ1v) is 7.70. The van der Waals surface area contributed by atoms with Gasteiger partial charge in [0.1, 0.15) is 0 Å². The molecule has 0 saturated carbocycles. The Labute approximate surface area is 141 Å². The van der Waals surface area contributed by atoms with Crippen LogP contribution >= 0.6 is 0 Å². The summed E-state index contributed by atoms with van der Waals surface area (Å²) in [5, 5.41) is 5.62. The van der Waals surface area contributed by atoms with Crippen molar-refractivity contribution in [1.29, 1.82) is 0 Å². The van der Waals surface area contributed by atoms with Crippen LogP contribution in [0.4, 0.5) is 11.4 Å². The van der Waals surface area contributed by atoms with E-state index in [0.29, 0.717) is 5.69 Å². The van der Waals surface area contributed by atoms with Crippen LogP contribution in [0.1, 0.15) is 25.1 Å². The Balaban J connectivity index is 1.92. The summed E-state index contributed by atoms with van der Waals surface area (Å²) < 4.78 is 0. The number of nitrogens with one attached hydrogen (secondary N) is 2. The van der Waals surface area contributed by atoms with E-state index in [1.54, 1.807) is 24.4 Å². The molecule has 1 heterocycles. The second kappa shape index (κ2) is 8.06. The molecule has 5 nitrogen and oxygen atoms in total. The van der Waals surface area contributed by atoms with Gasteiger partial charge < -0.3 is 10.6 Å². The van der Waals surface area contributed by atoms with Crippen molar-refractivity contribution in [2.24, 2.45) is 0 Å². The third kappa shape index (κ3) is 5.68. The summed E-state index contributed by atoms with van der Waals surface area (Å²) in [5.41, 5.74) is 4.10. The number of anilines is 2. The van der Waals surface area contributed by atoms with Crippen molar-refractivity contribution in [3.05, 3.63) is 65.5 Å². The molecular weight excluding hydrogens is 302 g/mol. The second-order valence-electron chi connectivity index (χ2n) is 5.82. The van der Waals surface area contributed by atoms with Crippen LogP contribution < -0.4 is 10.6 Å². The van der Waals surface area contributed by atoms with Crippen molar-refractivity contribution >= 4 is 23.2 Å². The van der Waals surface area contributed by atoms with E-state index < -0.39 is 0 Å². The first-order chi connectivity index (χ1) is 11.4. The summed E-state index contributed by atoms with van der Waals surface area (Å²) in [4.78, 5) is 27.8. The number of carbonyl (C=O) groups excluding carboxylic acids is 2. The molecule has 0 aliphatic heterocycles. The molecule has 0 aliphatic rings. The fraction of sp³-hybridized carbons (Fsp3) is 0.211. The van der Waals surface area contributed by atoms with Crippen molar-refractivity contribution in [3.8, 4) is 0 Å². The molecule has 0 radical (unpaired) electrons. The third-order valence-electron chi connectivity index (χ3n) is 3.19. The summed E-state index contributed by atoms with van der Waals surface area (Å²) in [5.74, 6) is -0.254. The minimum Gasteiger partial charge on any atom is -0.326 e. The number of benzene rings is 1. The number of nitrogens with zero attached hydrogens (tertiary/aromatic N) is 1. The number of carbonyl (C=O) groups is 2. The second-order valence-corrected chi connectivity index (χ2v) is 5.82. The van der Waals surface area contributed by atoms with Crippen molar-refractivity contribution in [1.82, 2.24) is 4.98 Å². The van der Waals surface area contributed by atoms with Crippen LogP contribution in [0.25, 0.3) is 0 Å². The lowest BCUT2D eigenvalue weighted by molar-refractivity contribution is -0.115. The number of aromatic nitrogens is 1. The number of hydrogen-bond donors (Lipinski definition) is 2. The first kappa shape index (κ1) is 17.4. The topological polar surface area (TPSA) is 71.1 Å². The van der Waals surface area contributed by atoms with Crippen molar-refractivity contribution in [2.75, 3.05) is 10.6 Å². The van der Waals surface area contributed by atoms with Gasteiger partial charge in [0.05, 0.1) is 6.42 Å². The summed E-state index contributed by atoms with van der Waals surface area (Å²) in [7, 11) is 0. The van der Waals surface area contributed by atoms with Gasteiger partial charge in [0, 0.05) is 29.3 Å². The number of amides is 2. The average molecular weight is 323 g/mol. The van der Waals surface area contributed by atoms with E-state index >= 15 is 0 Å². The largest absolute Gasteiger partial charge is 0.326 e. The molecule has 0 bridgehead atoms. The molecular formula is C19H21N3O2. The van der Waals surface area contributed by atoms with Crippen LogP contribution in [-0.4, -0.2) is 16.8 Å². The number of pyridine rings is 1. The zero-order valence-corrected chi connectivity index (χ0v) is 14.1. The van der Waals surface area contributed by atoms with Crippen LogP contribution in [-0.2, 0) is 16.0 Å². The smallest absolute Gasteiger partial charge is 0.248 e. The lowest BCUT2D eigenvalue weighted by Gasteiger charge is -2.07. The molecule has 2 amide bonds. The number of allylic oxidation sites excluding steroid dienone is 1. The third-order valence-corrected chi connectivity index (χ3v) is 3.19. The SMILES string of the molecule is CC(C)=CC(=O)Nc1ccc(CC(=O)Nc2ccnc(C)c2)cc1. The standard InChI is InChI=1S/C19H21N3O2/c1-13(2)10-18(23)21-16-6-4-15(5-7-16)12-19(24)22-17-8-9-20-14(3)11-17/h4-11H,12H2,1-3H3,(H,21,23)(H,20,22,24). The Kier molecular flexibility index (Phi) is 5.84. The van der Waals surface area contributed by atoms with Crippen LogP contribution in [0.15, 0.2) is 54.2 Å². The highest BCUT2D eigenvalue weighted by molar-refractivity contribution is 5.99. The van der Waals surface area contributed by atoms with E-state index in [-0.39, 0.29) is 18.2 Å². The van der Waals surface area contributed by atoms with Crippen LogP contribution in [0.2, 0.25) is 0 Å². The normalized spacial score (nSPS) is 9.96. The van der Waals surface area contributed by atoms with E-state index in [0.717, 1.165) is 22.5 Å². The fourth-order valence-electron chi connectivity index (χ4n) is 2.16. The maximum atomic E-state index is 12.1. The van der Waals surface area contributed by atoms with Gasteiger partial charge in [0.25, 0.3) is 0 Å². The lowest BCUT2D eigenvalue weighted by atomic mass is 10.1. The maximum absolute atomic E-state index is 12.1. The molecule has 2 rings (SSSR count). The average Bonchev–Trinajstić information content (AvgIpc) is 2.48. The molecule has 0 saturated heterocycles. The minimum atomic E-state index is -0.159.